The predicted octanol–water partition coefficient (Wildman–Crippen LogP) is 8.54. The number of Topliss-reactive ketones (excluding diaryl/α,β-unsaturated/α-hetero) is 1. The maximum absolute atomic E-state index is 12.6. The molecule has 236 valence electrons. The van der Waals surface area contributed by atoms with Gasteiger partial charge in [0.25, 0.3) is 0 Å². The summed E-state index contributed by atoms with van der Waals surface area (Å²) < 4.78 is 7.20. The van der Waals surface area contributed by atoms with Gasteiger partial charge >= 0.3 is 0 Å². The highest BCUT2D eigenvalue weighted by atomic mass is 28.4. The molecule has 5 heteroatoms. The summed E-state index contributed by atoms with van der Waals surface area (Å²) in [6.07, 6.45) is 11.6. The first-order valence-corrected chi connectivity index (χ1v) is 20.0. The van der Waals surface area contributed by atoms with Crippen molar-refractivity contribution in [2.75, 3.05) is 0 Å². The van der Waals surface area contributed by atoms with E-state index in [-0.39, 0.29) is 21.8 Å². The molecule has 4 nitrogen and oxygen atoms in total. The van der Waals surface area contributed by atoms with Crippen molar-refractivity contribution < 1.29 is 19.4 Å². The Balaban J connectivity index is 1.35. The minimum Gasteiger partial charge on any atom is -0.413 e. The Bertz CT molecular complexity index is 1050. The van der Waals surface area contributed by atoms with Crippen molar-refractivity contribution in [1.82, 2.24) is 0 Å². The van der Waals surface area contributed by atoms with E-state index in [1.807, 2.05) is 0 Å². The van der Waals surface area contributed by atoms with Crippen LogP contribution in [-0.4, -0.2) is 42.1 Å². The van der Waals surface area contributed by atoms with Crippen LogP contribution in [0.4, 0.5) is 0 Å². The number of fused-ring (bicyclic) bond motifs is 2. The highest BCUT2D eigenvalue weighted by Crippen LogP contribution is 2.89. The molecule has 2 N–H and O–H groups in total. The van der Waals surface area contributed by atoms with Crippen molar-refractivity contribution >= 4 is 14.1 Å². The lowest BCUT2D eigenvalue weighted by Crippen LogP contribution is -2.59. The SMILES string of the molecule is C[C@H](CC(O)C(=O)C(C)(C)O)[C@H]1CC[C@@]2(C)[C@@H]3CC[C@H]4C(C)(C)[C@@H](O[Si](C)(C)C(C)(C)C)CC[C@@]45C[C@@]35CC[C@]12C. The van der Waals surface area contributed by atoms with Gasteiger partial charge in [-0.05, 0) is 147 Å². The quantitative estimate of drug-likeness (QED) is 0.293. The second-order valence-electron chi connectivity index (χ2n) is 19.0. The van der Waals surface area contributed by atoms with Crippen LogP contribution in [0.5, 0.6) is 0 Å². The lowest BCUT2D eigenvalue weighted by Gasteiger charge is -2.64. The monoisotopic (exact) mass is 588 g/mol. The molecule has 0 amide bonds. The number of rotatable bonds is 7. The van der Waals surface area contributed by atoms with Crippen LogP contribution in [0.25, 0.3) is 0 Å². The first-order chi connectivity index (χ1) is 18.5. The molecule has 0 aliphatic heterocycles. The largest absolute Gasteiger partial charge is 0.413 e. The highest BCUT2D eigenvalue weighted by molar-refractivity contribution is 6.74. The summed E-state index contributed by atoms with van der Waals surface area (Å²) in [7, 11) is -1.83. The molecular weight excluding hydrogens is 524 g/mol. The van der Waals surface area contributed by atoms with Crippen molar-refractivity contribution in [3.05, 3.63) is 0 Å². The van der Waals surface area contributed by atoms with E-state index < -0.39 is 25.8 Å². The van der Waals surface area contributed by atoms with Gasteiger partial charge in [-0.15, -0.1) is 0 Å². The number of aliphatic hydroxyl groups is 2. The zero-order valence-corrected chi connectivity index (χ0v) is 29.7. The van der Waals surface area contributed by atoms with Crippen molar-refractivity contribution in [2.45, 2.75) is 169 Å². The summed E-state index contributed by atoms with van der Waals surface area (Å²) in [5.41, 5.74) is 0.330. The number of carbonyl (C=O) groups excluding carboxylic acids is 1. The zero-order chi connectivity index (χ0) is 30.8. The third-order valence-corrected chi connectivity index (χ3v) is 20.0. The van der Waals surface area contributed by atoms with E-state index in [9.17, 15) is 15.0 Å². The number of hydrogen-bond acceptors (Lipinski definition) is 4. The Hall–Kier alpha value is -0.233. The molecule has 0 aromatic heterocycles. The van der Waals surface area contributed by atoms with Crippen LogP contribution in [0.15, 0.2) is 0 Å². The van der Waals surface area contributed by atoms with Gasteiger partial charge in [0.05, 0.1) is 6.10 Å². The normalized spacial score (nSPS) is 45.1. The second kappa shape index (κ2) is 9.39. The minimum absolute atomic E-state index is 0.222. The Morgan fingerprint density at radius 2 is 1.46 bits per heavy atom. The number of ketones is 1. The van der Waals surface area contributed by atoms with Gasteiger partial charge in [-0.1, -0.05) is 55.4 Å². The molecule has 2 spiro atoms. The molecule has 5 saturated carbocycles. The molecule has 0 radical (unpaired) electrons. The van der Waals surface area contributed by atoms with Crippen LogP contribution in [0, 0.1) is 50.7 Å². The Labute approximate surface area is 253 Å². The molecule has 5 aliphatic carbocycles. The maximum Gasteiger partial charge on any atom is 0.192 e. The molecule has 0 aromatic carbocycles. The molecule has 10 atom stereocenters. The molecule has 0 aromatic rings. The van der Waals surface area contributed by atoms with Crippen LogP contribution in [-0.2, 0) is 9.22 Å². The summed E-state index contributed by atoms with van der Waals surface area (Å²) in [6.45, 7) is 27.6. The Kier molecular flexibility index (Phi) is 7.37. The van der Waals surface area contributed by atoms with E-state index in [0.717, 1.165) is 11.8 Å². The highest BCUT2D eigenvalue weighted by Gasteiger charge is 2.82. The maximum atomic E-state index is 12.6. The smallest absolute Gasteiger partial charge is 0.192 e. The standard InChI is InChI=1S/C36H64O4Si/c1-23(21-25(37)29(38)32(7,8)39)24-15-17-34(10)27-14-13-26-31(5,6)28(40-41(11,12)30(2,3)4)16-18-35(26)22-36(27,35)20-19-33(24,34)9/h23-28,37,39H,13-22H2,1-12H3/t23-,24-,25?,26+,27+,28+,33-,34+,35-,36+/m1/s1. The number of hydrogen-bond donors (Lipinski definition) is 2. The molecule has 5 aliphatic rings. The van der Waals surface area contributed by atoms with Crippen LogP contribution in [0.1, 0.15) is 133 Å². The van der Waals surface area contributed by atoms with Gasteiger partial charge in [0.15, 0.2) is 14.1 Å². The summed E-state index contributed by atoms with van der Waals surface area (Å²) in [5.74, 6) is 1.91. The van der Waals surface area contributed by atoms with Gasteiger partial charge < -0.3 is 14.6 Å². The van der Waals surface area contributed by atoms with E-state index in [1.165, 1.54) is 71.6 Å². The van der Waals surface area contributed by atoms with Gasteiger partial charge in [-0.3, -0.25) is 4.79 Å². The van der Waals surface area contributed by atoms with Gasteiger partial charge in [0.2, 0.25) is 0 Å². The van der Waals surface area contributed by atoms with Crippen LogP contribution in [0.2, 0.25) is 18.1 Å². The van der Waals surface area contributed by atoms with E-state index >= 15 is 0 Å². The fourth-order valence-corrected chi connectivity index (χ4v) is 13.5. The Morgan fingerprint density at radius 1 is 0.878 bits per heavy atom. The lowest BCUT2D eigenvalue weighted by molar-refractivity contribution is -0.160. The van der Waals surface area contributed by atoms with Crippen LogP contribution in [0.3, 0.4) is 0 Å². The van der Waals surface area contributed by atoms with E-state index in [4.69, 9.17) is 4.43 Å². The first-order valence-electron chi connectivity index (χ1n) is 17.1. The van der Waals surface area contributed by atoms with Gasteiger partial charge in [0.1, 0.15) is 11.7 Å². The van der Waals surface area contributed by atoms with Crippen molar-refractivity contribution in [2.24, 2.45) is 50.7 Å². The van der Waals surface area contributed by atoms with Gasteiger partial charge in [-0.2, -0.15) is 0 Å². The lowest BCUT2D eigenvalue weighted by atomic mass is 9.41. The van der Waals surface area contributed by atoms with Gasteiger partial charge in [-0.25, -0.2) is 0 Å². The van der Waals surface area contributed by atoms with E-state index in [0.29, 0.717) is 34.7 Å². The van der Waals surface area contributed by atoms with Crippen LogP contribution < -0.4 is 0 Å². The molecule has 5 rings (SSSR count). The molecule has 1 unspecified atom stereocenters. The van der Waals surface area contributed by atoms with Crippen molar-refractivity contribution in [3.8, 4) is 0 Å². The van der Waals surface area contributed by atoms with Crippen molar-refractivity contribution in [1.29, 1.82) is 0 Å². The van der Waals surface area contributed by atoms with Gasteiger partial charge in [0, 0.05) is 0 Å². The molecule has 5 fully saturated rings. The fraction of sp³-hybridized carbons (Fsp3) is 0.972. The topological polar surface area (TPSA) is 66.8 Å². The summed E-state index contributed by atoms with van der Waals surface area (Å²) in [5, 5.41) is 21.2. The van der Waals surface area contributed by atoms with Crippen LogP contribution >= 0.6 is 0 Å². The zero-order valence-electron chi connectivity index (χ0n) is 28.7. The van der Waals surface area contributed by atoms with Crippen molar-refractivity contribution in [3.63, 3.8) is 0 Å². The number of carbonyl (C=O) groups is 1. The third-order valence-electron chi connectivity index (χ3n) is 15.5. The number of aliphatic hydroxyl groups excluding tert-OH is 1. The predicted molar refractivity (Wildman–Crippen MR) is 170 cm³/mol. The average molecular weight is 589 g/mol. The summed E-state index contributed by atoms with van der Waals surface area (Å²) >= 11 is 0. The molecule has 41 heavy (non-hydrogen) atoms. The van der Waals surface area contributed by atoms with E-state index in [1.54, 1.807) is 0 Å². The molecule has 0 saturated heterocycles. The first kappa shape index (κ1) is 32.2. The molecular formula is C36H64O4Si. The molecule has 0 heterocycles. The average Bonchev–Trinajstić information content (AvgIpc) is 3.41. The summed E-state index contributed by atoms with van der Waals surface area (Å²) in [4.78, 5) is 12.6. The fourth-order valence-electron chi connectivity index (χ4n) is 12.1. The Morgan fingerprint density at radius 3 is 2.05 bits per heavy atom. The minimum atomic E-state index is -1.83. The third kappa shape index (κ3) is 4.38. The second-order valence-corrected chi connectivity index (χ2v) is 23.8. The van der Waals surface area contributed by atoms with E-state index in [2.05, 4.69) is 68.5 Å². The summed E-state index contributed by atoms with van der Waals surface area (Å²) in [6, 6.07) is 0. The molecule has 0 bridgehead atoms.